The first kappa shape index (κ1) is 22.2. The molecule has 0 aliphatic rings. The lowest BCUT2D eigenvalue weighted by Crippen LogP contribution is -2.18. The molecule has 2 heterocycles. The lowest BCUT2D eigenvalue weighted by Gasteiger charge is -2.14. The molecule has 164 valence electrons. The highest BCUT2D eigenvalue weighted by atomic mass is 19.2. The molecule has 0 saturated carbocycles. The summed E-state index contributed by atoms with van der Waals surface area (Å²) in [4.78, 5) is 14.7. The van der Waals surface area contributed by atoms with E-state index in [4.69, 9.17) is 0 Å². The van der Waals surface area contributed by atoms with Crippen molar-refractivity contribution in [3.8, 4) is 11.3 Å². The van der Waals surface area contributed by atoms with Gasteiger partial charge in [0.05, 0.1) is 5.69 Å². The highest BCUT2D eigenvalue weighted by Crippen LogP contribution is 2.25. The molecule has 0 unspecified atom stereocenters. The van der Waals surface area contributed by atoms with Gasteiger partial charge in [0.25, 0.3) is 0 Å². The normalized spacial score (nSPS) is 10.9. The van der Waals surface area contributed by atoms with Crippen LogP contribution in [0.15, 0.2) is 36.7 Å². The molecular weight excluding hydrogens is 414 g/mol. The molecular formula is C20H21F4N7. The third kappa shape index (κ3) is 5.79. The number of hydrogen-bond donors (Lipinski definition) is 3. The zero-order chi connectivity index (χ0) is 22.4. The number of nitrogens with one attached hydrogen (secondary N) is 3. The van der Waals surface area contributed by atoms with Gasteiger partial charge in [0, 0.05) is 36.6 Å². The predicted octanol–water partition coefficient (Wildman–Crippen LogP) is 3.90. The van der Waals surface area contributed by atoms with Gasteiger partial charge in [-0.3, -0.25) is 15.8 Å². The van der Waals surface area contributed by atoms with Crippen molar-refractivity contribution in [3.05, 3.63) is 59.9 Å². The van der Waals surface area contributed by atoms with Crippen LogP contribution in [-0.2, 0) is 0 Å². The lowest BCUT2D eigenvalue weighted by molar-refractivity contribution is 0.405. The van der Waals surface area contributed by atoms with Crippen LogP contribution in [0.25, 0.3) is 11.3 Å². The molecule has 0 aliphatic carbocycles. The molecule has 3 rings (SSSR count). The molecule has 1 aromatic carbocycles. The van der Waals surface area contributed by atoms with Gasteiger partial charge in [-0.15, -0.1) is 0 Å². The molecule has 0 fully saturated rings. The van der Waals surface area contributed by atoms with Crippen LogP contribution < -0.4 is 16.2 Å². The molecule has 7 nitrogen and oxygen atoms in total. The number of anilines is 3. The number of pyridine rings is 1. The Balaban J connectivity index is 1.84. The highest BCUT2D eigenvalue weighted by molar-refractivity contribution is 5.65. The second kappa shape index (κ2) is 10.0. The molecule has 11 heteroatoms. The topological polar surface area (TPSA) is 78.0 Å². The average molecular weight is 435 g/mol. The second-order valence-electron chi connectivity index (χ2n) is 6.87. The van der Waals surface area contributed by atoms with Crippen LogP contribution in [0.5, 0.6) is 0 Å². The van der Waals surface area contributed by atoms with Gasteiger partial charge in [-0.2, -0.15) is 4.98 Å². The zero-order valence-electron chi connectivity index (χ0n) is 16.9. The summed E-state index contributed by atoms with van der Waals surface area (Å²) in [5, 5.41) is 3.09. The quantitative estimate of drug-likeness (QED) is 0.204. The molecule has 31 heavy (non-hydrogen) atoms. The van der Waals surface area contributed by atoms with Gasteiger partial charge in [0.2, 0.25) is 5.95 Å². The minimum Gasteiger partial charge on any atom is -0.354 e. The van der Waals surface area contributed by atoms with Crippen molar-refractivity contribution >= 4 is 17.5 Å². The SMILES string of the molecule is CN(C)CCCNc1nc(NNc2c(F)c(F)cc(F)c2F)cc(-c2ccncc2)n1. The first-order valence-corrected chi connectivity index (χ1v) is 9.38. The van der Waals surface area contributed by atoms with Crippen LogP contribution in [0.2, 0.25) is 0 Å². The van der Waals surface area contributed by atoms with Gasteiger partial charge >= 0.3 is 0 Å². The van der Waals surface area contributed by atoms with Crippen LogP contribution in [0, 0.1) is 23.3 Å². The Bertz CT molecular complexity index is 1010. The van der Waals surface area contributed by atoms with E-state index in [1.807, 2.05) is 19.0 Å². The van der Waals surface area contributed by atoms with Crippen molar-refractivity contribution in [2.75, 3.05) is 43.4 Å². The van der Waals surface area contributed by atoms with E-state index >= 15 is 0 Å². The Kier molecular flexibility index (Phi) is 7.19. The summed E-state index contributed by atoms with van der Waals surface area (Å²) >= 11 is 0. The summed E-state index contributed by atoms with van der Waals surface area (Å²) in [5.41, 5.74) is 4.86. The van der Waals surface area contributed by atoms with Crippen LogP contribution in [0.1, 0.15) is 6.42 Å². The Hall–Kier alpha value is -3.47. The van der Waals surface area contributed by atoms with E-state index < -0.39 is 29.0 Å². The predicted molar refractivity (Wildman–Crippen MR) is 110 cm³/mol. The van der Waals surface area contributed by atoms with Crippen molar-refractivity contribution < 1.29 is 17.6 Å². The Morgan fingerprint density at radius 2 is 1.58 bits per heavy atom. The third-order valence-electron chi connectivity index (χ3n) is 4.19. The fourth-order valence-electron chi connectivity index (χ4n) is 2.67. The molecule has 0 atom stereocenters. The van der Waals surface area contributed by atoms with Crippen LogP contribution in [-0.4, -0.2) is 47.0 Å². The van der Waals surface area contributed by atoms with Gasteiger partial charge in [0.1, 0.15) is 5.69 Å². The maximum Gasteiger partial charge on any atom is 0.225 e. The van der Waals surface area contributed by atoms with E-state index in [1.54, 1.807) is 24.5 Å². The number of nitrogens with zero attached hydrogens (tertiary/aromatic N) is 4. The smallest absolute Gasteiger partial charge is 0.225 e. The minimum absolute atomic E-state index is 0.125. The fraction of sp³-hybridized carbons (Fsp3) is 0.250. The summed E-state index contributed by atoms with van der Waals surface area (Å²) in [7, 11) is 3.92. The first-order valence-electron chi connectivity index (χ1n) is 9.38. The van der Waals surface area contributed by atoms with Gasteiger partial charge < -0.3 is 10.2 Å². The molecule has 2 aromatic heterocycles. The van der Waals surface area contributed by atoms with Crippen molar-refractivity contribution in [2.45, 2.75) is 6.42 Å². The number of rotatable bonds is 9. The van der Waals surface area contributed by atoms with Gasteiger partial charge in [0.15, 0.2) is 29.1 Å². The maximum absolute atomic E-state index is 13.9. The second-order valence-corrected chi connectivity index (χ2v) is 6.87. The summed E-state index contributed by atoms with van der Waals surface area (Å²) in [5.74, 6) is -5.77. The number of aromatic nitrogens is 3. The maximum atomic E-state index is 13.9. The Morgan fingerprint density at radius 1 is 0.903 bits per heavy atom. The van der Waals surface area contributed by atoms with E-state index in [9.17, 15) is 17.6 Å². The summed E-state index contributed by atoms with van der Waals surface area (Å²) in [6.45, 7) is 1.44. The molecule has 0 radical (unpaired) electrons. The Labute approximate surface area is 176 Å². The van der Waals surface area contributed by atoms with Crippen molar-refractivity contribution in [2.24, 2.45) is 0 Å². The van der Waals surface area contributed by atoms with Crippen LogP contribution in [0.4, 0.5) is 35.0 Å². The number of hydrogen-bond acceptors (Lipinski definition) is 7. The van der Waals surface area contributed by atoms with Crippen molar-refractivity contribution in [1.29, 1.82) is 0 Å². The van der Waals surface area contributed by atoms with Crippen molar-refractivity contribution in [1.82, 2.24) is 19.9 Å². The molecule has 0 saturated heterocycles. The van der Waals surface area contributed by atoms with Gasteiger partial charge in [-0.05, 0) is 39.2 Å². The van der Waals surface area contributed by atoms with Crippen LogP contribution >= 0.6 is 0 Å². The number of benzene rings is 1. The summed E-state index contributed by atoms with van der Waals surface area (Å²) < 4.78 is 54.7. The van der Waals surface area contributed by atoms with Crippen molar-refractivity contribution in [3.63, 3.8) is 0 Å². The molecule has 0 amide bonds. The fourth-order valence-corrected chi connectivity index (χ4v) is 2.67. The number of halogens is 4. The largest absolute Gasteiger partial charge is 0.354 e. The van der Waals surface area contributed by atoms with Gasteiger partial charge in [-0.1, -0.05) is 0 Å². The van der Waals surface area contributed by atoms with E-state index in [0.717, 1.165) is 18.5 Å². The lowest BCUT2D eigenvalue weighted by atomic mass is 10.2. The molecule has 3 aromatic rings. The highest BCUT2D eigenvalue weighted by Gasteiger charge is 2.19. The standard InChI is InChI=1S/C20H21F4N7/c1-31(2)9-3-6-26-20-27-15(12-4-7-25-8-5-12)11-16(28-20)29-30-19-17(23)13(21)10-14(22)18(19)24/h4-5,7-8,10-11,30H,3,6,9H2,1-2H3,(H2,26,27,28,29). The summed E-state index contributed by atoms with van der Waals surface area (Å²) in [6.07, 6.45) is 4.01. The molecule has 3 N–H and O–H groups in total. The van der Waals surface area contributed by atoms with Gasteiger partial charge in [-0.25, -0.2) is 22.5 Å². The number of hydrazine groups is 1. The first-order chi connectivity index (χ1) is 14.8. The Morgan fingerprint density at radius 3 is 2.23 bits per heavy atom. The monoisotopic (exact) mass is 435 g/mol. The molecule has 0 spiro atoms. The van der Waals surface area contributed by atoms with E-state index in [2.05, 4.69) is 31.1 Å². The van der Waals surface area contributed by atoms with E-state index in [-0.39, 0.29) is 17.8 Å². The van der Waals surface area contributed by atoms with E-state index in [1.165, 1.54) is 6.07 Å². The minimum atomic E-state index is -1.56. The molecule has 0 bridgehead atoms. The zero-order valence-corrected chi connectivity index (χ0v) is 16.9. The average Bonchev–Trinajstić information content (AvgIpc) is 2.76. The third-order valence-corrected chi connectivity index (χ3v) is 4.19. The van der Waals surface area contributed by atoms with Crippen LogP contribution in [0.3, 0.4) is 0 Å². The summed E-state index contributed by atoms with van der Waals surface area (Å²) in [6, 6.07) is 5.12. The molecule has 0 aliphatic heterocycles. The van der Waals surface area contributed by atoms with E-state index in [0.29, 0.717) is 12.2 Å².